The number of benzene rings is 2. The van der Waals surface area contributed by atoms with E-state index in [0.29, 0.717) is 15.8 Å². The number of hydrogen-bond acceptors (Lipinski definition) is 4. The third-order valence-corrected chi connectivity index (χ3v) is 5.10. The molecule has 0 atom stereocenters. The van der Waals surface area contributed by atoms with Gasteiger partial charge in [0.25, 0.3) is 5.56 Å². The van der Waals surface area contributed by atoms with E-state index >= 15 is 0 Å². The maximum Gasteiger partial charge on any atom is 0.260 e. The molecular formula is C20H15NO3S. The molecule has 2 aromatic heterocycles. The molecular weight excluding hydrogens is 334 g/mol. The average molecular weight is 349 g/mol. The zero-order valence-electron chi connectivity index (χ0n) is 13.2. The van der Waals surface area contributed by atoms with Crippen LogP contribution in [0.5, 0.6) is 5.75 Å². The lowest BCUT2D eigenvalue weighted by atomic mass is 9.99. The van der Waals surface area contributed by atoms with Crippen molar-refractivity contribution in [1.82, 2.24) is 4.98 Å². The minimum atomic E-state index is -0.311. The zero-order valence-corrected chi connectivity index (χ0v) is 14.0. The van der Waals surface area contributed by atoms with Gasteiger partial charge in [-0.2, -0.15) is 0 Å². The lowest BCUT2D eigenvalue weighted by Gasteiger charge is -2.08. The summed E-state index contributed by atoms with van der Waals surface area (Å²) in [6, 6.07) is 16.6. The number of pyridine rings is 1. The number of H-pyrrole nitrogens is 1. The highest BCUT2D eigenvalue weighted by Gasteiger charge is 2.18. The van der Waals surface area contributed by atoms with Crippen molar-refractivity contribution in [3.8, 4) is 28.0 Å². The van der Waals surface area contributed by atoms with Gasteiger partial charge in [-0.25, -0.2) is 0 Å². The van der Waals surface area contributed by atoms with Crippen molar-refractivity contribution >= 4 is 21.6 Å². The third-order valence-electron chi connectivity index (χ3n) is 4.20. The van der Waals surface area contributed by atoms with Crippen molar-refractivity contribution in [3.05, 3.63) is 75.9 Å². The predicted molar refractivity (Wildman–Crippen MR) is 101 cm³/mol. The van der Waals surface area contributed by atoms with Crippen LogP contribution in [0.3, 0.4) is 0 Å². The molecule has 4 rings (SSSR count). The lowest BCUT2D eigenvalue weighted by molar-refractivity contribution is 0.282. The van der Waals surface area contributed by atoms with E-state index in [1.54, 1.807) is 12.1 Å². The number of aliphatic hydroxyl groups is 1. The highest BCUT2D eigenvalue weighted by Crippen LogP contribution is 2.41. The van der Waals surface area contributed by atoms with Crippen molar-refractivity contribution in [1.29, 1.82) is 0 Å². The van der Waals surface area contributed by atoms with E-state index in [0.717, 1.165) is 16.7 Å². The second-order valence-electron chi connectivity index (χ2n) is 5.76. The van der Waals surface area contributed by atoms with E-state index in [2.05, 4.69) is 4.98 Å². The Balaban J connectivity index is 2.01. The van der Waals surface area contributed by atoms with E-state index in [1.165, 1.54) is 11.3 Å². The summed E-state index contributed by atoms with van der Waals surface area (Å²) in [4.78, 5) is 16.0. The monoisotopic (exact) mass is 349 g/mol. The van der Waals surface area contributed by atoms with Crippen LogP contribution in [0, 0.1) is 0 Å². The molecule has 25 heavy (non-hydrogen) atoms. The van der Waals surface area contributed by atoms with Crippen LogP contribution in [0.4, 0.5) is 0 Å². The van der Waals surface area contributed by atoms with Crippen LogP contribution in [0.25, 0.3) is 32.5 Å². The Hall–Kier alpha value is -2.89. The Morgan fingerprint density at radius 1 is 1.00 bits per heavy atom. The van der Waals surface area contributed by atoms with Gasteiger partial charge in [0.1, 0.15) is 10.6 Å². The zero-order chi connectivity index (χ0) is 17.4. The van der Waals surface area contributed by atoms with E-state index in [9.17, 15) is 15.0 Å². The molecule has 0 saturated carbocycles. The number of rotatable bonds is 3. The topological polar surface area (TPSA) is 73.3 Å². The second-order valence-corrected chi connectivity index (χ2v) is 6.64. The standard InChI is InChI=1S/C20H15NO3S/c22-10-12-5-4-8-14(9-12)15-11-25-20-17(15)18(23)16(19(24)21-20)13-6-2-1-3-7-13/h1-9,11,22H,10H2,(H2,21,23,24). The average Bonchev–Trinajstić information content (AvgIpc) is 3.06. The van der Waals surface area contributed by atoms with Gasteiger partial charge in [-0.05, 0) is 22.8 Å². The Morgan fingerprint density at radius 3 is 2.52 bits per heavy atom. The molecule has 0 fully saturated rings. The molecule has 3 N–H and O–H groups in total. The highest BCUT2D eigenvalue weighted by molar-refractivity contribution is 7.17. The molecule has 0 unspecified atom stereocenters. The molecule has 0 bridgehead atoms. The molecule has 4 aromatic rings. The summed E-state index contributed by atoms with van der Waals surface area (Å²) in [5.41, 5.74) is 3.15. The first kappa shape index (κ1) is 15.6. The van der Waals surface area contributed by atoms with Crippen LogP contribution in [-0.4, -0.2) is 15.2 Å². The number of hydrogen-bond donors (Lipinski definition) is 3. The van der Waals surface area contributed by atoms with E-state index < -0.39 is 0 Å². The number of thiophene rings is 1. The van der Waals surface area contributed by atoms with Gasteiger partial charge >= 0.3 is 0 Å². The van der Waals surface area contributed by atoms with Crippen LogP contribution in [-0.2, 0) is 6.61 Å². The number of aromatic nitrogens is 1. The van der Waals surface area contributed by atoms with E-state index in [4.69, 9.17) is 0 Å². The fourth-order valence-electron chi connectivity index (χ4n) is 3.01. The minimum absolute atomic E-state index is 0.0180. The predicted octanol–water partition coefficient (Wildman–Crippen LogP) is 4.12. The van der Waals surface area contributed by atoms with E-state index in [1.807, 2.05) is 47.8 Å². The maximum absolute atomic E-state index is 12.5. The first-order valence-corrected chi connectivity index (χ1v) is 8.69. The summed E-state index contributed by atoms with van der Waals surface area (Å²) in [5.74, 6) is -0.0180. The summed E-state index contributed by atoms with van der Waals surface area (Å²) in [6.45, 7) is -0.0476. The first-order chi connectivity index (χ1) is 12.2. The van der Waals surface area contributed by atoms with Gasteiger partial charge in [0.15, 0.2) is 0 Å². The molecule has 0 saturated heterocycles. The molecule has 0 spiro atoms. The van der Waals surface area contributed by atoms with Crippen LogP contribution in [0.2, 0.25) is 0 Å². The summed E-state index contributed by atoms with van der Waals surface area (Å²) < 4.78 is 0. The van der Waals surface area contributed by atoms with Crippen molar-refractivity contribution in [3.63, 3.8) is 0 Å². The quantitative estimate of drug-likeness (QED) is 0.521. The van der Waals surface area contributed by atoms with Gasteiger partial charge in [-0.3, -0.25) is 4.79 Å². The maximum atomic E-state index is 12.5. The summed E-state index contributed by atoms with van der Waals surface area (Å²) in [7, 11) is 0. The molecule has 0 amide bonds. The molecule has 5 heteroatoms. The van der Waals surface area contributed by atoms with Crippen molar-refractivity contribution in [2.75, 3.05) is 0 Å². The summed E-state index contributed by atoms with van der Waals surface area (Å²) in [6.07, 6.45) is 0. The number of nitrogens with one attached hydrogen (secondary N) is 1. The molecule has 0 aliphatic rings. The fourth-order valence-corrected chi connectivity index (χ4v) is 3.97. The third kappa shape index (κ3) is 2.63. The van der Waals surface area contributed by atoms with Crippen molar-refractivity contribution in [2.24, 2.45) is 0 Å². The van der Waals surface area contributed by atoms with Gasteiger partial charge in [0.05, 0.1) is 17.6 Å². The molecule has 2 heterocycles. The number of fused-ring (bicyclic) bond motifs is 1. The van der Waals surface area contributed by atoms with Crippen LogP contribution in [0.1, 0.15) is 5.56 Å². The molecule has 4 nitrogen and oxygen atoms in total. The van der Waals surface area contributed by atoms with Crippen LogP contribution >= 0.6 is 11.3 Å². The fraction of sp³-hybridized carbons (Fsp3) is 0.0500. The summed E-state index contributed by atoms with van der Waals surface area (Å²) >= 11 is 1.38. The second kappa shape index (κ2) is 6.20. The molecule has 0 aliphatic heterocycles. The normalized spacial score (nSPS) is 11.1. The van der Waals surface area contributed by atoms with Crippen LogP contribution in [0.15, 0.2) is 64.8 Å². The number of aromatic amines is 1. The molecule has 0 aliphatic carbocycles. The van der Waals surface area contributed by atoms with Gasteiger partial charge < -0.3 is 15.2 Å². The number of aromatic hydroxyl groups is 1. The Labute approximate surface area is 147 Å². The van der Waals surface area contributed by atoms with Gasteiger partial charge in [-0.1, -0.05) is 48.5 Å². The Bertz CT molecular complexity index is 1110. The molecule has 2 aromatic carbocycles. The van der Waals surface area contributed by atoms with Crippen molar-refractivity contribution in [2.45, 2.75) is 6.61 Å². The first-order valence-electron chi connectivity index (χ1n) is 7.81. The number of aliphatic hydroxyl groups excluding tert-OH is 1. The van der Waals surface area contributed by atoms with Gasteiger partial charge in [0, 0.05) is 10.9 Å². The summed E-state index contributed by atoms with van der Waals surface area (Å²) in [5, 5.41) is 22.8. The SMILES string of the molecule is O=c1[nH]c2scc(-c3cccc(CO)c3)c2c(O)c1-c1ccccc1. The highest BCUT2D eigenvalue weighted by atomic mass is 32.1. The Morgan fingerprint density at radius 2 is 1.76 bits per heavy atom. The van der Waals surface area contributed by atoms with Gasteiger partial charge in [-0.15, -0.1) is 11.3 Å². The Kier molecular flexibility index (Phi) is 3.87. The van der Waals surface area contributed by atoms with Crippen molar-refractivity contribution < 1.29 is 10.2 Å². The van der Waals surface area contributed by atoms with Crippen LogP contribution < -0.4 is 5.56 Å². The van der Waals surface area contributed by atoms with Gasteiger partial charge in [0.2, 0.25) is 0 Å². The largest absolute Gasteiger partial charge is 0.506 e. The molecule has 124 valence electrons. The smallest absolute Gasteiger partial charge is 0.260 e. The van der Waals surface area contributed by atoms with E-state index in [-0.39, 0.29) is 23.5 Å². The minimum Gasteiger partial charge on any atom is -0.506 e. The molecule has 0 radical (unpaired) electrons. The lowest BCUT2D eigenvalue weighted by Crippen LogP contribution is -2.08.